The second-order valence-electron chi connectivity index (χ2n) is 6.31. The molecule has 0 aliphatic carbocycles. The third kappa shape index (κ3) is 5.42. The molecule has 0 atom stereocenters. The van der Waals surface area contributed by atoms with Gasteiger partial charge in [-0.15, -0.1) is 0 Å². The van der Waals surface area contributed by atoms with E-state index in [-0.39, 0.29) is 12.2 Å². The van der Waals surface area contributed by atoms with Crippen LogP contribution in [0.4, 0.5) is 4.79 Å². The van der Waals surface area contributed by atoms with Crippen molar-refractivity contribution in [2.75, 3.05) is 13.1 Å². The van der Waals surface area contributed by atoms with E-state index in [2.05, 4.69) is 9.97 Å². The Kier molecular flexibility index (Phi) is 5.58. The number of halogens is 1. The number of hydrogen-bond donors (Lipinski definition) is 0. The zero-order valence-corrected chi connectivity index (χ0v) is 14.0. The van der Waals surface area contributed by atoms with E-state index in [9.17, 15) is 4.79 Å². The number of carbonyl (C=O) groups is 1. The molecule has 0 N–H and O–H groups in total. The Morgan fingerprint density at radius 3 is 2.55 bits per heavy atom. The molecule has 1 aromatic heterocycles. The third-order valence-corrected chi connectivity index (χ3v) is 3.43. The predicted octanol–water partition coefficient (Wildman–Crippen LogP) is 3.05. The summed E-state index contributed by atoms with van der Waals surface area (Å²) in [4.78, 5) is 21.8. The smallest absolute Gasteiger partial charge is 0.410 e. The van der Waals surface area contributed by atoms with Crippen molar-refractivity contribution in [2.45, 2.75) is 51.9 Å². The molecule has 0 radical (unpaired) electrons. The fourth-order valence-corrected chi connectivity index (χ4v) is 2.25. The highest BCUT2D eigenvalue weighted by Crippen LogP contribution is 2.18. The standard InChI is InChI=1S/C15H22ClN3O3/c1-15(2,3)22-14(20)19-6-4-12(5-7-19)21-10-11-8-18-13(16)9-17-11/h8-9,12H,4-7,10H2,1-3H3. The average Bonchev–Trinajstić information content (AvgIpc) is 2.45. The van der Waals surface area contributed by atoms with E-state index in [1.165, 1.54) is 6.20 Å². The van der Waals surface area contributed by atoms with Gasteiger partial charge in [0.2, 0.25) is 0 Å². The van der Waals surface area contributed by atoms with Crippen molar-refractivity contribution in [3.05, 3.63) is 23.2 Å². The lowest BCUT2D eigenvalue weighted by Gasteiger charge is -2.33. The maximum absolute atomic E-state index is 12.0. The van der Waals surface area contributed by atoms with Crippen molar-refractivity contribution in [1.29, 1.82) is 0 Å². The molecule has 122 valence electrons. The highest BCUT2D eigenvalue weighted by molar-refractivity contribution is 6.29. The number of ether oxygens (including phenoxy) is 2. The largest absolute Gasteiger partial charge is 0.444 e. The van der Waals surface area contributed by atoms with Crippen molar-refractivity contribution in [3.8, 4) is 0 Å². The van der Waals surface area contributed by atoms with Crippen LogP contribution in [0.3, 0.4) is 0 Å². The van der Waals surface area contributed by atoms with Gasteiger partial charge in [0.1, 0.15) is 10.8 Å². The third-order valence-electron chi connectivity index (χ3n) is 3.23. The molecule has 2 heterocycles. The van der Waals surface area contributed by atoms with Gasteiger partial charge in [-0.25, -0.2) is 9.78 Å². The molecule has 6 nitrogen and oxygen atoms in total. The van der Waals surface area contributed by atoms with Crippen LogP contribution in [0.2, 0.25) is 5.15 Å². The van der Waals surface area contributed by atoms with Crippen LogP contribution in [0, 0.1) is 0 Å². The number of rotatable bonds is 3. The van der Waals surface area contributed by atoms with Crippen LogP contribution in [0.25, 0.3) is 0 Å². The van der Waals surface area contributed by atoms with Gasteiger partial charge in [-0.3, -0.25) is 4.98 Å². The van der Waals surface area contributed by atoms with Gasteiger partial charge >= 0.3 is 6.09 Å². The Labute approximate surface area is 135 Å². The monoisotopic (exact) mass is 327 g/mol. The van der Waals surface area contributed by atoms with E-state index < -0.39 is 5.60 Å². The molecule has 0 bridgehead atoms. The minimum Gasteiger partial charge on any atom is -0.444 e. The maximum atomic E-state index is 12.0. The molecule has 0 spiro atoms. The van der Waals surface area contributed by atoms with Crippen molar-refractivity contribution in [1.82, 2.24) is 14.9 Å². The number of likely N-dealkylation sites (tertiary alicyclic amines) is 1. The van der Waals surface area contributed by atoms with Crippen LogP contribution in [-0.2, 0) is 16.1 Å². The predicted molar refractivity (Wildman–Crippen MR) is 82.7 cm³/mol. The first kappa shape index (κ1) is 17.0. The van der Waals surface area contributed by atoms with Gasteiger partial charge < -0.3 is 14.4 Å². The first-order valence-electron chi connectivity index (χ1n) is 7.39. The molecule has 7 heteroatoms. The summed E-state index contributed by atoms with van der Waals surface area (Å²) in [6.45, 7) is 7.30. The number of hydrogen-bond acceptors (Lipinski definition) is 5. The zero-order chi connectivity index (χ0) is 16.2. The molecule has 0 saturated carbocycles. The summed E-state index contributed by atoms with van der Waals surface area (Å²) >= 11 is 5.69. The first-order valence-corrected chi connectivity index (χ1v) is 7.77. The lowest BCUT2D eigenvalue weighted by Crippen LogP contribution is -2.43. The zero-order valence-electron chi connectivity index (χ0n) is 13.2. The van der Waals surface area contributed by atoms with Crippen molar-refractivity contribution in [2.24, 2.45) is 0 Å². The van der Waals surface area contributed by atoms with Crippen LogP contribution in [0.1, 0.15) is 39.3 Å². The van der Waals surface area contributed by atoms with Crippen LogP contribution < -0.4 is 0 Å². The number of aromatic nitrogens is 2. The lowest BCUT2D eigenvalue weighted by atomic mass is 10.1. The topological polar surface area (TPSA) is 64.5 Å². The quantitative estimate of drug-likeness (QED) is 0.853. The molecule has 1 aliphatic heterocycles. The first-order chi connectivity index (χ1) is 10.3. The van der Waals surface area contributed by atoms with Crippen LogP contribution >= 0.6 is 11.6 Å². The molecule has 1 aliphatic rings. The van der Waals surface area contributed by atoms with Gasteiger partial charge in [-0.1, -0.05) is 11.6 Å². The van der Waals surface area contributed by atoms with E-state index in [0.717, 1.165) is 18.5 Å². The minimum atomic E-state index is -0.461. The van der Waals surface area contributed by atoms with Crippen LogP contribution in [0.15, 0.2) is 12.4 Å². The van der Waals surface area contributed by atoms with Gasteiger partial charge in [-0.05, 0) is 33.6 Å². The number of carbonyl (C=O) groups excluding carboxylic acids is 1. The Morgan fingerprint density at radius 1 is 1.32 bits per heavy atom. The Morgan fingerprint density at radius 2 is 2.00 bits per heavy atom. The summed E-state index contributed by atoms with van der Waals surface area (Å²) in [7, 11) is 0. The summed E-state index contributed by atoms with van der Waals surface area (Å²) in [5.74, 6) is 0. The van der Waals surface area contributed by atoms with Gasteiger partial charge in [0.15, 0.2) is 0 Å². The summed E-state index contributed by atoms with van der Waals surface area (Å²) in [6.07, 6.45) is 4.56. The number of piperidine rings is 1. The van der Waals surface area contributed by atoms with Crippen molar-refractivity contribution >= 4 is 17.7 Å². The van der Waals surface area contributed by atoms with Gasteiger partial charge in [-0.2, -0.15) is 0 Å². The molecule has 1 aromatic rings. The summed E-state index contributed by atoms with van der Waals surface area (Å²) < 4.78 is 11.2. The average molecular weight is 328 g/mol. The van der Waals surface area contributed by atoms with E-state index in [0.29, 0.717) is 24.8 Å². The van der Waals surface area contributed by atoms with Gasteiger partial charge in [0.05, 0.1) is 30.8 Å². The summed E-state index contributed by atoms with van der Waals surface area (Å²) in [5.41, 5.74) is 0.288. The molecule has 0 unspecified atom stereocenters. The van der Waals surface area contributed by atoms with Crippen molar-refractivity contribution in [3.63, 3.8) is 0 Å². The molecule has 0 aromatic carbocycles. The lowest BCUT2D eigenvalue weighted by molar-refractivity contribution is -0.0178. The number of nitrogens with zero attached hydrogens (tertiary/aromatic N) is 3. The fraction of sp³-hybridized carbons (Fsp3) is 0.667. The molecule has 22 heavy (non-hydrogen) atoms. The van der Waals surface area contributed by atoms with E-state index in [1.807, 2.05) is 20.8 Å². The van der Waals surface area contributed by atoms with Crippen LogP contribution in [0.5, 0.6) is 0 Å². The second-order valence-corrected chi connectivity index (χ2v) is 6.70. The van der Waals surface area contributed by atoms with Crippen molar-refractivity contribution < 1.29 is 14.3 Å². The fourth-order valence-electron chi connectivity index (χ4n) is 2.15. The normalized spacial score (nSPS) is 16.6. The molecular weight excluding hydrogens is 306 g/mol. The molecule has 1 saturated heterocycles. The van der Waals surface area contributed by atoms with E-state index >= 15 is 0 Å². The van der Waals surface area contributed by atoms with Gasteiger partial charge in [0, 0.05) is 13.1 Å². The molecule has 1 amide bonds. The summed E-state index contributed by atoms with van der Waals surface area (Å²) in [5, 5.41) is 0.370. The van der Waals surface area contributed by atoms with E-state index in [4.69, 9.17) is 21.1 Å². The highest BCUT2D eigenvalue weighted by atomic mass is 35.5. The number of amides is 1. The summed E-state index contributed by atoms with van der Waals surface area (Å²) in [6, 6.07) is 0. The SMILES string of the molecule is CC(C)(C)OC(=O)N1CCC(OCc2cnc(Cl)cn2)CC1. The second kappa shape index (κ2) is 7.24. The van der Waals surface area contributed by atoms with E-state index in [1.54, 1.807) is 11.1 Å². The Hall–Kier alpha value is -1.40. The molecule has 1 fully saturated rings. The minimum absolute atomic E-state index is 0.121. The molecule has 2 rings (SSSR count). The maximum Gasteiger partial charge on any atom is 0.410 e. The Bertz CT molecular complexity index is 494. The highest BCUT2D eigenvalue weighted by Gasteiger charge is 2.27. The molecular formula is C15H22ClN3O3. The van der Waals surface area contributed by atoms with Crippen LogP contribution in [-0.4, -0.2) is 45.8 Å². The van der Waals surface area contributed by atoms with Gasteiger partial charge in [0.25, 0.3) is 0 Å². The Balaban J connectivity index is 1.73.